The summed E-state index contributed by atoms with van der Waals surface area (Å²) >= 11 is 0. The fourth-order valence-electron chi connectivity index (χ4n) is 0.671. The molecule has 0 aliphatic heterocycles. The molecule has 6 nitrogen and oxygen atoms in total. The summed E-state index contributed by atoms with van der Waals surface area (Å²) in [4.78, 5) is 9.00. The van der Waals surface area contributed by atoms with E-state index in [0.717, 1.165) is 33.7 Å². The molecule has 6 heteroatoms. The average molecular weight is 226 g/mol. The fraction of sp³-hybridized carbons (Fsp3) is 0.889. The van der Waals surface area contributed by atoms with Gasteiger partial charge in [-0.1, -0.05) is 20.8 Å². The van der Waals surface area contributed by atoms with Crippen molar-refractivity contribution in [2.75, 3.05) is 26.7 Å². The molecule has 0 unspecified atom stereocenters. The number of carbonyl (C=O) groups is 1. The number of aliphatic hydroxyl groups is 1. The van der Waals surface area contributed by atoms with E-state index in [9.17, 15) is 0 Å². The van der Waals surface area contributed by atoms with E-state index in [4.69, 9.17) is 15.0 Å². The maximum Gasteiger partial charge on any atom is 0.300 e. The van der Waals surface area contributed by atoms with Crippen LogP contribution in [0.15, 0.2) is 0 Å². The number of carboxylic acids is 1. The van der Waals surface area contributed by atoms with Crippen LogP contribution in [-0.4, -0.2) is 53.4 Å². The lowest BCUT2D eigenvalue weighted by Gasteiger charge is -2.17. The lowest BCUT2D eigenvalue weighted by molar-refractivity contribution is -0.134. The Kier molecular flexibility index (Phi) is 37.0. The molecule has 0 aromatic heterocycles. The van der Waals surface area contributed by atoms with Crippen LogP contribution in [0, 0.1) is 0 Å². The van der Waals surface area contributed by atoms with E-state index < -0.39 is 5.97 Å². The van der Waals surface area contributed by atoms with Crippen molar-refractivity contribution in [1.82, 2.24) is 10.4 Å². The second-order valence-corrected chi connectivity index (χ2v) is 2.20. The Morgan fingerprint density at radius 1 is 1.20 bits per heavy atom. The van der Waals surface area contributed by atoms with E-state index in [1.54, 1.807) is 0 Å². The predicted octanol–water partition coefficient (Wildman–Crippen LogP) is -0.273. The molecule has 0 aromatic carbocycles. The third kappa shape index (κ3) is 42.8. The number of aliphatic carboxylic acids is 1. The van der Waals surface area contributed by atoms with Crippen LogP contribution in [-0.2, 0) is 4.79 Å². The zero-order valence-corrected chi connectivity index (χ0v) is 10.4. The van der Waals surface area contributed by atoms with Gasteiger partial charge in [0.15, 0.2) is 0 Å². The smallest absolute Gasteiger partial charge is 0.300 e. The monoisotopic (exact) mass is 226 g/mol. The Morgan fingerprint density at radius 2 is 1.47 bits per heavy atom. The Labute approximate surface area is 92.2 Å². The Balaban J connectivity index is -0.0000000742. The SMILES string of the molecule is CC(=O)O.CCNN(CC)CC.CO.O. The average Bonchev–Trinajstić information content (AvgIpc) is 2.16. The van der Waals surface area contributed by atoms with Gasteiger partial charge in [0.05, 0.1) is 0 Å². The van der Waals surface area contributed by atoms with E-state index in [1.807, 2.05) is 0 Å². The van der Waals surface area contributed by atoms with Gasteiger partial charge >= 0.3 is 0 Å². The maximum atomic E-state index is 9.00. The largest absolute Gasteiger partial charge is 0.481 e. The number of carboxylic acid groups (broad SMARTS) is 1. The van der Waals surface area contributed by atoms with Gasteiger partial charge in [0.2, 0.25) is 0 Å². The summed E-state index contributed by atoms with van der Waals surface area (Å²) in [5.74, 6) is -0.833. The lowest BCUT2D eigenvalue weighted by atomic mass is 10.6. The van der Waals surface area contributed by atoms with E-state index in [-0.39, 0.29) is 5.48 Å². The third-order valence-electron chi connectivity index (χ3n) is 1.15. The van der Waals surface area contributed by atoms with Gasteiger partial charge < -0.3 is 15.7 Å². The molecule has 0 spiro atoms. The predicted molar refractivity (Wildman–Crippen MR) is 61.7 cm³/mol. The van der Waals surface area contributed by atoms with Crippen molar-refractivity contribution in [3.8, 4) is 0 Å². The standard InChI is InChI=1S/C6H16N2.C2H4O2.CH4O.H2O/c1-4-7-8(5-2)6-3;1-2(3)4;1-2;/h7H,4-6H2,1-3H3;1H3,(H,3,4);2H,1H3;1H2. The van der Waals surface area contributed by atoms with Crippen LogP contribution in [0.5, 0.6) is 0 Å². The number of hydrogen-bond donors (Lipinski definition) is 3. The highest BCUT2D eigenvalue weighted by atomic mass is 16.4. The number of rotatable bonds is 4. The molecule has 96 valence electrons. The maximum absolute atomic E-state index is 9.00. The number of nitrogens with one attached hydrogen (secondary N) is 1. The van der Waals surface area contributed by atoms with Crippen LogP contribution in [0.4, 0.5) is 0 Å². The van der Waals surface area contributed by atoms with Crippen LogP contribution >= 0.6 is 0 Å². The van der Waals surface area contributed by atoms with Crippen molar-refractivity contribution in [3.05, 3.63) is 0 Å². The molecule has 0 atom stereocenters. The van der Waals surface area contributed by atoms with Crippen molar-refractivity contribution in [3.63, 3.8) is 0 Å². The summed E-state index contributed by atoms with van der Waals surface area (Å²) < 4.78 is 0. The van der Waals surface area contributed by atoms with E-state index in [1.165, 1.54) is 0 Å². The summed E-state index contributed by atoms with van der Waals surface area (Å²) in [6.45, 7) is 10.7. The van der Waals surface area contributed by atoms with Crippen molar-refractivity contribution in [2.24, 2.45) is 0 Å². The fourth-order valence-corrected chi connectivity index (χ4v) is 0.671. The van der Waals surface area contributed by atoms with Gasteiger partial charge in [-0.2, -0.15) is 0 Å². The van der Waals surface area contributed by atoms with Gasteiger partial charge in [0, 0.05) is 33.7 Å². The van der Waals surface area contributed by atoms with Crippen LogP contribution in [0.1, 0.15) is 27.7 Å². The lowest BCUT2D eigenvalue weighted by Crippen LogP contribution is -2.37. The summed E-state index contributed by atoms with van der Waals surface area (Å²) in [6, 6.07) is 0. The van der Waals surface area contributed by atoms with Gasteiger partial charge in [-0.05, 0) is 0 Å². The molecule has 0 radical (unpaired) electrons. The zero-order chi connectivity index (χ0) is 12.0. The second kappa shape index (κ2) is 23.3. The van der Waals surface area contributed by atoms with Crippen molar-refractivity contribution < 1.29 is 20.5 Å². The second-order valence-electron chi connectivity index (χ2n) is 2.20. The highest BCUT2D eigenvalue weighted by Crippen LogP contribution is 1.76. The zero-order valence-electron chi connectivity index (χ0n) is 10.4. The summed E-state index contributed by atoms with van der Waals surface area (Å²) in [5, 5.41) is 16.6. The highest BCUT2D eigenvalue weighted by molar-refractivity contribution is 5.62. The molecule has 0 aliphatic rings. The minimum absolute atomic E-state index is 0. The Bertz CT molecular complexity index is 104. The van der Waals surface area contributed by atoms with Crippen molar-refractivity contribution >= 4 is 5.97 Å². The minimum Gasteiger partial charge on any atom is -0.481 e. The minimum atomic E-state index is -0.833. The molecular formula is C9H26N2O4. The molecular weight excluding hydrogens is 200 g/mol. The van der Waals surface area contributed by atoms with E-state index in [0.29, 0.717) is 0 Å². The Morgan fingerprint density at radius 3 is 1.53 bits per heavy atom. The van der Waals surface area contributed by atoms with E-state index >= 15 is 0 Å². The topological polar surface area (TPSA) is 104 Å². The quantitative estimate of drug-likeness (QED) is 0.572. The molecule has 5 N–H and O–H groups in total. The molecule has 0 bridgehead atoms. The molecule has 0 saturated heterocycles. The van der Waals surface area contributed by atoms with E-state index in [2.05, 4.69) is 31.2 Å². The van der Waals surface area contributed by atoms with Crippen molar-refractivity contribution in [1.29, 1.82) is 0 Å². The first-order valence-corrected chi connectivity index (χ1v) is 4.71. The van der Waals surface area contributed by atoms with Gasteiger partial charge in [-0.3, -0.25) is 10.2 Å². The number of aliphatic hydroxyl groups excluding tert-OH is 1. The number of hydrazine groups is 1. The highest BCUT2D eigenvalue weighted by Gasteiger charge is 1.91. The van der Waals surface area contributed by atoms with Crippen molar-refractivity contribution in [2.45, 2.75) is 27.7 Å². The van der Waals surface area contributed by atoms with Crippen LogP contribution in [0.2, 0.25) is 0 Å². The molecule has 0 heterocycles. The third-order valence-corrected chi connectivity index (χ3v) is 1.15. The summed E-state index contributed by atoms with van der Waals surface area (Å²) in [5.41, 5.74) is 3.22. The summed E-state index contributed by atoms with van der Waals surface area (Å²) in [6.07, 6.45) is 0. The van der Waals surface area contributed by atoms with Gasteiger partial charge in [-0.25, -0.2) is 5.01 Å². The molecule has 0 amide bonds. The van der Waals surface area contributed by atoms with Gasteiger partial charge in [-0.15, -0.1) is 0 Å². The van der Waals surface area contributed by atoms with Crippen LogP contribution in [0.25, 0.3) is 0 Å². The van der Waals surface area contributed by atoms with Crippen LogP contribution < -0.4 is 5.43 Å². The number of nitrogens with zero attached hydrogens (tertiary/aromatic N) is 1. The summed E-state index contributed by atoms with van der Waals surface area (Å²) in [7, 11) is 1.00. The van der Waals surface area contributed by atoms with Gasteiger partial charge in [0.1, 0.15) is 0 Å². The molecule has 15 heavy (non-hydrogen) atoms. The number of hydrogen-bond acceptors (Lipinski definition) is 4. The Hall–Kier alpha value is -0.690. The first kappa shape index (κ1) is 23.8. The molecule has 0 rings (SSSR count). The van der Waals surface area contributed by atoms with Crippen LogP contribution in [0.3, 0.4) is 0 Å². The first-order chi connectivity index (χ1) is 6.58. The molecule has 0 saturated carbocycles. The first-order valence-electron chi connectivity index (χ1n) is 4.71. The molecule has 0 fully saturated rings. The molecule has 0 aliphatic carbocycles. The molecule has 0 aromatic rings. The normalized spacial score (nSPS) is 7.67. The van der Waals surface area contributed by atoms with Gasteiger partial charge in [0.25, 0.3) is 5.97 Å².